The number of aliphatic hydroxyl groups excluding tert-OH is 1. The quantitative estimate of drug-likeness (QED) is 0.865. The molecule has 1 heterocycles. The Labute approximate surface area is 131 Å². The number of hydrogen-bond donors (Lipinski definition) is 1. The molecule has 0 spiro atoms. The Balaban J connectivity index is 2.11. The van der Waals surface area contributed by atoms with Crippen LogP contribution in [0.4, 0.5) is 0 Å². The minimum Gasteiger partial charge on any atom is -0.393 e. The molecule has 114 valence electrons. The van der Waals surface area contributed by atoms with Crippen LogP contribution in [0.2, 0.25) is 5.02 Å². The third-order valence-electron chi connectivity index (χ3n) is 3.82. The Bertz CT molecular complexity index is 539. The number of hydrogen-bond acceptors (Lipinski definition) is 2. The topological polar surface area (TPSA) is 40.5 Å². The van der Waals surface area contributed by atoms with E-state index in [4.69, 9.17) is 11.6 Å². The molecule has 21 heavy (non-hydrogen) atoms. The van der Waals surface area contributed by atoms with Crippen LogP contribution in [0.1, 0.15) is 38.7 Å². The third-order valence-corrected chi connectivity index (χ3v) is 4.06. The number of benzene rings is 1. The molecule has 1 aliphatic heterocycles. The molecular weight excluding hydrogens is 286 g/mol. The van der Waals surface area contributed by atoms with Crippen LogP contribution in [-0.4, -0.2) is 34.6 Å². The van der Waals surface area contributed by atoms with Gasteiger partial charge in [0.1, 0.15) is 0 Å². The van der Waals surface area contributed by atoms with Gasteiger partial charge < -0.3 is 10.0 Å². The lowest BCUT2D eigenvalue weighted by Gasteiger charge is -2.26. The fraction of sp³-hybridized carbons (Fsp3) is 0.471. The van der Waals surface area contributed by atoms with Crippen molar-refractivity contribution in [2.75, 3.05) is 6.54 Å². The fourth-order valence-corrected chi connectivity index (χ4v) is 3.08. The zero-order valence-electron chi connectivity index (χ0n) is 12.6. The fourth-order valence-electron chi connectivity index (χ4n) is 2.88. The van der Waals surface area contributed by atoms with E-state index in [0.29, 0.717) is 17.0 Å². The molecular formula is C17H22ClNO2. The molecule has 1 aromatic rings. The monoisotopic (exact) mass is 307 g/mol. The van der Waals surface area contributed by atoms with Gasteiger partial charge in [0.05, 0.1) is 6.10 Å². The van der Waals surface area contributed by atoms with Crippen LogP contribution in [-0.2, 0) is 4.79 Å². The Morgan fingerprint density at radius 3 is 3.00 bits per heavy atom. The van der Waals surface area contributed by atoms with E-state index in [9.17, 15) is 9.90 Å². The maximum absolute atomic E-state index is 12.6. The molecule has 1 amide bonds. The van der Waals surface area contributed by atoms with Gasteiger partial charge in [-0.2, -0.15) is 0 Å². The second-order valence-electron chi connectivity index (χ2n) is 5.76. The Hall–Kier alpha value is -1.32. The zero-order valence-corrected chi connectivity index (χ0v) is 13.3. The molecule has 0 radical (unpaired) electrons. The van der Waals surface area contributed by atoms with E-state index in [1.54, 1.807) is 6.92 Å². The average Bonchev–Trinajstić information content (AvgIpc) is 2.85. The second kappa shape index (κ2) is 7.10. The molecule has 2 atom stereocenters. The second-order valence-corrected chi connectivity index (χ2v) is 6.20. The number of carbonyl (C=O) groups excluding carboxylic acids is 1. The highest BCUT2D eigenvalue weighted by atomic mass is 35.5. The molecule has 0 bridgehead atoms. The molecule has 1 fully saturated rings. The van der Waals surface area contributed by atoms with Gasteiger partial charge in [-0.1, -0.05) is 23.7 Å². The number of aliphatic hydroxyl groups is 1. The molecule has 0 aromatic heterocycles. The first-order valence-electron chi connectivity index (χ1n) is 7.40. The smallest absolute Gasteiger partial charge is 0.249 e. The van der Waals surface area contributed by atoms with Gasteiger partial charge in [0.25, 0.3) is 0 Å². The Morgan fingerprint density at radius 2 is 2.33 bits per heavy atom. The van der Waals surface area contributed by atoms with Crippen LogP contribution in [0.3, 0.4) is 0 Å². The highest BCUT2D eigenvalue weighted by Gasteiger charge is 2.29. The van der Waals surface area contributed by atoms with Crippen LogP contribution in [0.25, 0.3) is 6.08 Å². The van der Waals surface area contributed by atoms with Gasteiger partial charge in [0.15, 0.2) is 0 Å². The van der Waals surface area contributed by atoms with E-state index >= 15 is 0 Å². The van der Waals surface area contributed by atoms with E-state index in [-0.39, 0.29) is 18.1 Å². The number of rotatable bonds is 4. The van der Waals surface area contributed by atoms with Crippen LogP contribution >= 0.6 is 11.6 Å². The summed E-state index contributed by atoms with van der Waals surface area (Å²) in [6, 6.07) is 7.61. The average molecular weight is 308 g/mol. The van der Waals surface area contributed by atoms with Crippen LogP contribution < -0.4 is 0 Å². The predicted molar refractivity (Wildman–Crippen MR) is 86.1 cm³/mol. The summed E-state index contributed by atoms with van der Waals surface area (Å²) in [6.45, 7) is 4.38. The van der Waals surface area contributed by atoms with E-state index in [1.165, 1.54) is 0 Å². The lowest BCUT2D eigenvalue weighted by atomic mass is 10.1. The van der Waals surface area contributed by atoms with Crippen molar-refractivity contribution < 1.29 is 9.90 Å². The van der Waals surface area contributed by atoms with Gasteiger partial charge >= 0.3 is 0 Å². The molecule has 1 aliphatic rings. The van der Waals surface area contributed by atoms with Crippen molar-refractivity contribution in [2.24, 2.45) is 0 Å². The lowest BCUT2D eigenvalue weighted by molar-refractivity contribution is -0.128. The third kappa shape index (κ3) is 4.32. The van der Waals surface area contributed by atoms with Crippen molar-refractivity contribution in [3.8, 4) is 0 Å². The molecule has 4 heteroatoms. The summed E-state index contributed by atoms with van der Waals surface area (Å²) in [7, 11) is 0. The Morgan fingerprint density at radius 1 is 1.57 bits per heavy atom. The van der Waals surface area contributed by atoms with E-state index in [2.05, 4.69) is 0 Å². The molecule has 0 aliphatic carbocycles. The van der Waals surface area contributed by atoms with Crippen LogP contribution in [0.5, 0.6) is 0 Å². The van der Waals surface area contributed by atoms with Crippen molar-refractivity contribution in [2.45, 2.75) is 45.3 Å². The van der Waals surface area contributed by atoms with Gasteiger partial charge in [-0.25, -0.2) is 0 Å². The van der Waals surface area contributed by atoms with Crippen molar-refractivity contribution in [3.05, 3.63) is 40.4 Å². The molecule has 3 nitrogen and oxygen atoms in total. The molecule has 1 N–H and O–H groups in total. The zero-order chi connectivity index (χ0) is 15.4. The highest BCUT2D eigenvalue weighted by molar-refractivity contribution is 6.30. The highest BCUT2D eigenvalue weighted by Crippen LogP contribution is 2.24. The number of halogens is 1. The summed E-state index contributed by atoms with van der Waals surface area (Å²) in [4.78, 5) is 14.5. The first-order chi connectivity index (χ1) is 9.97. The summed E-state index contributed by atoms with van der Waals surface area (Å²) >= 11 is 5.96. The van der Waals surface area contributed by atoms with E-state index in [1.807, 2.05) is 42.2 Å². The molecule has 1 saturated heterocycles. The summed E-state index contributed by atoms with van der Waals surface area (Å²) in [5.74, 6) is 0.0538. The van der Waals surface area contributed by atoms with Gasteiger partial charge in [0.2, 0.25) is 5.91 Å². The van der Waals surface area contributed by atoms with Crippen molar-refractivity contribution in [1.82, 2.24) is 4.90 Å². The molecule has 0 saturated carbocycles. The summed E-state index contributed by atoms with van der Waals surface area (Å²) in [6.07, 6.45) is 4.12. The van der Waals surface area contributed by atoms with Crippen molar-refractivity contribution in [1.29, 1.82) is 0 Å². The normalized spacial score (nSPS) is 20.7. The lowest BCUT2D eigenvalue weighted by Crippen LogP contribution is -2.37. The largest absolute Gasteiger partial charge is 0.393 e. The first-order valence-corrected chi connectivity index (χ1v) is 7.78. The van der Waals surface area contributed by atoms with Crippen LogP contribution in [0, 0.1) is 0 Å². The minimum atomic E-state index is -0.374. The molecule has 2 rings (SSSR count). The summed E-state index contributed by atoms with van der Waals surface area (Å²) in [5, 5.41) is 10.2. The number of nitrogens with zero attached hydrogens (tertiary/aromatic N) is 1. The number of carbonyl (C=O) groups is 1. The number of likely N-dealkylation sites (tertiary alicyclic amines) is 1. The maximum atomic E-state index is 12.6. The molecule has 2 unspecified atom stereocenters. The standard InChI is InChI=1S/C17H22ClNO2/c1-12(9-14-5-3-6-15(18)11-14)17(21)19-8-4-7-16(19)10-13(2)20/h3,5-6,9,11,13,16,20H,4,7-8,10H2,1-2H3/b12-9+. The van der Waals surface area contributed by atoms with E-state index in [0.717, 1.165) is 24.9 Å². The van der Waals surface area contributed by atoms with Gasteiger partial charge in [-0.05, 0) is 56.9 Å². The van der Waals surface area contributed by atoms with Crippen LogP contribution in [0.15, 0.2) is 29.8 Å². The summed E-state index contributed by atoms with van der Waals surface area (Å²) < 4.78 is 0. The van der Waals surface area contributed by atoms with Gasteiger partial charge in [-0.15, -0.1) is 0 Å². The van der Waals surface area contributed by atoms with Crippen molar-refractivity contribution in [3.63, 3.8) is 0 Å². The Kier molecular flexibility index (Phi) is 5.43. The van der Waals surface area contributed by atoms with E-state index < -0.39 is 0 Å². The summed E-state index contributed by atoms with van der Waals surface area (Å²) in [5.41, 5.74) is 1.63. The molecule has 1 aromatic carbocycles. The maximum Gasteiger partial charge on any atom is 0.249 e. The van der Waals surface area contributed by atoms with Gasteiger partial charge in [-0.3, -0.25) is 4.79 Å². The van der Waals surface area contributed by atoms with Crippen molar-refractivity contribution >= 4 is 23.6 Å². The first kappa shape index (κ1) is 16.1. The predicted octanol–water partition coefficient (Wildman–Crippen LogP) is 3.51. The minimum absolute atomic E-state index is 0.0538. The van der Waals surface area contributed by atoms with Gasteiger partial charge in [0, 0.05) is 23.2 Å². The number of amides is 1. The SMILES string of the molecule is C/C(=C\c1cccc(Cl)c1)C(=O)N1CCCC1CC(C)O.